The minimum atomic E-state index is -3.23. The molecule has 138 valence electrons. The number of sulfonamides is 1. The van der Waals surface area contributed by atoms with E-state index in [0.717, 1.165) is 6.26 Å². The molecule has 9 heteroatoms. The van der Waals surface area contributed by atoms with E-state index in [4.69, 9.17) is 0 Å². The third kappa shape index (κ3) is 5.15. The number of Topliss-reactive ketones (excluding diaryl/α,β-unsaturated/α-hetero) is 1. The van der Waals surface area contributed by atoms with Gasteiger partial charge >= 0.3 is 0 Å². The van der Waals surface area contributed by atoms with Crippen LogP contribution in [0.15, 0.2) is 36.0 Å². The van der Waals surface area contributed by atoms with Crippen molar-refractivity contribution in [2.45, 2.75) is 6.92 Å². The fourth-order valence-corrected chi connectivity index (χ4v) is 3.30. The number of anilines is 1. The molecule has 0 spiro atoms. The molecule has 0 atom stereocenters. The molecular weight excluding hydrogens is 356 g/mol. The lowest BCUT2D eigenvalue weighted by Crippen LogP contribution is -2.46. The van der Waals surface area contributed by atoms with Crippen molar-refractivity contribution in [1.29, 1.82) is 5.26 Å². The van der Waals surface area contributed by atoms with Crippen LogP contribution in [0.25, 0.3) is 0 Å². The normalized spacial score (nSPS) is 16.0. The van der Waals surface area contributed by atoms with Crippen molar-refractivity contribution in [1.82, 2.24) is 9.21 Å². The molecule has 26 heavy (non-hydrogen) atoms. The zero-order valence-corrected chi connectivity index (χ0v) is 15.4. The molecule has 0 bridgehead atoms. The summed E-state index contributed by atoms with van der Waals surface area (Å²) in [6, 6.07) is 8.24. The van der Waals surface area contributed by atoms with Crippen LogP contribution >= 0.6 is 0 Å². The van der Waals surface area contributed by atoms with Crippen molar-refractivity contribution in [3.8, 4) is 6.07 Å². The van der Waals surface area contributed by atoms with Crippen LogP contribution in [0.4, 0.5) is 5.69 Å². The minimum absolute atomic E-state index is 0.0753. The first-order valence-electron chi connectivity index (χ1n) is 7.94. The highest BCUT2D eigenvalue weighted by molar-refractivity contribution is 7.88. The van der Waals surface area contributed by atoms with Crippen molar-refractivity contribution in [2.75, 3.05) is 37.8 Å². The molecule has 0 saturated carbocycles. The number of nitriles is 1. The van der Waals surface area contributed by atoms with Crippen LogP contribution in [0.3, 0.4) is 0 Å². The molecule has 8 nitrogen and oxygen atoms in total. The summed E-state index contributed by atoms with van der Waals surface area (Å²) in [6.45, 7) is 2.87. The maximum absolute atomic E-state index is 12.3. The van der Waals surface area contributed by atoms with Gasteiger partial charge < -0.3 is 10.2 Å². The van der Waals surface area contributed by atoms with Gasteiger partial charge in [-0.25, -0.2) is 8.42 Å². The number of nitrogens with one attached hydrogen (secondary N) is 1. The predicted octanol–water partition coefficient (Wildman–Crippen LogP) is 0.812. The number of hydrogen-bond acceptors (Lipinski definition) is 6. The molecule has 1 fully saturated rings. The van der Waals surface area contributed by atoms with Gasteiger partial charge in [-0.1, -0.05) is 0 Å². The van der Waals surface area contributed by atoms with Gasteiger partial charge in [0.1, 0.15) is 11.6 Å². The van der Waals surface area contributed by atoms with Crippen LogP contribution in [0.1, 0.15) is 17.3 Å². The molecule has 0 aromatic heterocycles. The Morgan fingerprint density at radius 1 is 1.15 bits per heavy atom. The quantitative estimate of drug-likeness (QED) is 0.463. The van der Waals surface area contributed by atoms with Gasteiger partial charge in [0.25, 0.3) is 5.91 Å². The smallest absolute Gasteiger partial charge is 0.267 e. The highest BCUT2D eigenvalue weighted by atomic mass is 32.2. The number of hydrogen-bond donors (Lipinski definition) is 1. The molecular formula is C17H20N4O4S. The third-order valence-corrected chi connectivity index (χ3v) is 5.27. The average Bonchev–Trinajstić information content (AvgIpc) is 2.59. The monoisotopic (exact) mass is 376 g/mol. The second-order valence-corrected chi connectivity index (χ2v) is 7.92. The average molecular weight is 376 g/mol. The Bertz CT molecular complexity index is 861. The zero-order valence-electron chi connectivity index (χ0n) is 14.6. The first-order valence-corrected chi connectivity index (χ1v) is 9.79. The van der Waals surface area contributed by atoms with Crippen molar-refractivity contribution in [2.24, 2.45) is 0 Å². The van der Waals surface area contributed by atoms with Gasteiger partial charge in [-0.05, 0) is 31.2 Å². The summed E-state index contributed by atoms with van der Waals surface area (Å²) >= 11 is 0. The highest BCUT2D eigenvalue weighted by Gasteiger charge is 2.23. The summed E-state index contributed by atoms with van der Waals surface area (Å²) in [5.74, 6) is -0.637. The van der Waals surface area contributed by atoms with E-state index in [1.807, 2.05) is 6.07 Å². The standard InChI is InChI=1S/C17H20N4O4S/c1-13(22)14-3-5-16(6-4-14)19-17(23)15(11-18)12-20-7-9-21(10-8-20)26(2,24)25/h3-6,12H,7-10H2,1-2H3,(H,19,23)/b15-12-. The van der Waals surface area contributed by atoms with E-state index in [0.29, 0.717) is 37.4 Å². The molecule has 1 N–H and O–H groups in total. The van der Waals surface area contributed by atoms with Crippen LogP contribution in [0, 0.1) is 11.3 Å². The second kappa shape index (κ2) is 8.12. The number of nitrogens with zero attached hydrogens (tertiary/aromatic N) is 3. The van der Waals surface area contributed by atoms with E-state index in [-0.39, 0.29) is 11.4 Å². The van der Waals surface area contributed by atoms with Gasteiger partial charge in [0, 0.05) is 43.6 Å². The summed E-state index contributed by atoms with van der Waals surface area (Å²) in [6.07, 6.45) is 2.60. The minimum Gasteiger partial charge on any atom is -0.373 e. The highest BCUT2D eigenvalue weighted by Crippen LogP contribution is 2.13. The molecule has 0 unspecified atom stereocenters. The van der Waals surface area contributed by atoms with Crippen molar-refractivity contribution in [3.05, 3.63) is 41.6 Å². The van der Waals surface area contributed by atoms with E-state index < -0.39 is 15.9 Å². The van der Waals surface area contributed by atoms with E-state index in [1.165, 1.54) is 17.4 Å². The van der Waals surface area contributed by atoms with E-state index >= 15 is 0 Å². The van der Waals surface area contributed by atoms with Crippen LogP contribution in [-0.2, 0) is 14.8 Å². The molecule has 1 saturated heterocycles. The SMILES string of the molecule is CC(=O)c1ccc(NC(=O)/C(C#N)=C\N2CCN(S(C)(=O)=O)CC2)cc1. The summed E-state index contributed by atoms with van der Waals surface area (Å²) in [5.41, 5.74) is 0.930. The van der Waals surface area contributed by atoms with Gasteiger partial charge in [-0.15, -0.1) is 0 Å². The molecule has 1 aliphatic heterocycles. The summed E-state index contributed by atoms with van der Waals surface area (Å²) in [5, 5.41) is 11.9. The van der Waals surface area contributed by atoms with E-state index in [9.17, 15) is 23.3 Å². The van der Waals surface area contributed by atoms with E-state index in [2.05, 4.69) is 5.32 Å². The molecule has 1 aromatic rings. The lowest BCUT2D eigenvalue weighted by atomic mass is 10.1. The largest absolute Gasteiger partial charge is 0.373 e. The Kier molecular flexibility index (Phi) is 6.13. The summed E-state index contributed by atoms with van der Waals surface area (Å²) in [7, 11) is -3.23. The second-order valence-electron chi connectivity index (χ2n) is 5.94. The predicted molar refractivity (Wildman–Crippen MR) is 96.8 cm³/mol. The molecule has 0 radical (unpaired) electrons. The molecule has 1 heterocycles. The fraction of sp³-hybridized carbons (Fsp3) is 0.353. The maximum atomic E-state index is 12.3. The Labute approximate surface area is 152 Å². The summed E-state index contributed by atoms with van der Waals surface area (Å²) < 4.78 is 24.4. The van der Waals surface area contributed by atoms with Crippen molar-refractivity contribution < 1.29 is 18.0 Å². The van der Waals surface area contributed by atoms with Gasteiger partial charge in [-0.2, -0.15) is 9.57 Å². The Balaban J connectivity index is 2.01. The molecule has 1 aliphatic rings. The van der Waals surface area contributed by atoms with Crippen molar-refractivity contribution >= 4 is 27.4 Å². The van der Waals surface area contributed by atoms with Crippen LogP contribution < -0.4 is 5.32 Å². The topological polar surface area (TPSA) is 111 Å². The Morgan fingerprint density at radius 2 is 1.73 bits per heavy atom. The van der Waals surface area contributed by atoms with Crippen LogP contribution in [-0.4, -0.2) is 61.7 Å². The number of amides is 1. The first-order chi connectivity index (χ1) is 12.2. The summed E-state index contributed by atoms with van der Waals surface area (Å²) in [4.78, 5) is 25.3. The number of piperazine rings is 1. The molecule has 2 rings (SSSR count). The lowest BCUT2D eigenvalue weighted by Gasteiger charge is -2.32. The molecule has 0 aliphatic carbocycles. The maximum Gasteiger partial charge on any atom is 0.267 e. The number of benzene rings is 1. The molecule has 1 aromatic carbocycles. The van der Waals surface area contributed by atoms with Crippen LogP contribution in [0.2, 0.25) is 0 Å². The van der Waals surface area contributed by atoms with Gasteiger partial charge in [0.15, 0.2) is 5.78 Å². The van der Waals surface area contributed by atoms with Gasteiger partial charge in [-0.3, -0.25) is 9.59 Å². The number of ketones is 1. The Hall–Kier alpha value is -2.70. The Morgan fingerprint density at radius 3 is 2.19 bits per heavy atom. The van der Waals surface area contributed by atoms with Gasteiger partial charge in [0.2, 0.25) is 10.0 Å². The number of rotatable bonds is 5. The number of carbonyl (C=O) groups excluding carboxylic acids is 2. The van der Waals surface area contributed by atoms with Crippen molar-refractivity contribution in [3.63, 3.8) is 0 Å². The van der Waals surface area contributed by atoms with Gasteiger partial charge in [0.05, 0.1) is 6.26 Å². The van der Waals surface area contributed by atoms with E-state index in [1.54, 1.807) is 29.2 Å². The zero-order chi connectivity index (χ0) is 19.3. The lowest BCUT2D eigenvalue weighted by molar-refractivity contribution is -0.112. The molecule has 1 amide bonds. The number of carbonyl (C=O) groups is 2. The first kappa shape index (κ1) is 19.6. The fourth-order valence-electron chi connectivity index (χ4n) is 2.47. The third-order valence-electron chi connectivity index (χ3n) is 3.97. The van der Waals surface area contributed by atoms with Crippen LogP contribution in [0.5, 0.6) is 0 Å².